The first-order chi connectivity index (χ1) is 11.0. The number of ether oxygens (including phenoxy) is 1. The van der Waals surface area contributed by atoms with Gasteiger partial charge in [0.15, 0.2) is 0 Å². The molecule has 2 fully saturated rings. The number of piperidine rings is 1. The molecule has 2 aliphatic heterocycles. The van der Waals surface area contributed by atoms with Crippen LogP contribution in [-0.4, -0.2) is 66.1 Å². The van der Waals surface area contributed by atoms with Gasteiger partial charge in [0.1, 0.15) is 5.82 Å². The van der Waals surface area contributed by atoms with E-state index in [1.165, 1.54) is 12.3 Å². The molecule has 0 bridgehead atoms. The summed E-state index contributed by atoms with van der Waals surface area (Å²) in [6.45, 7) is 2.08. The Labute approximate surface area is 136 Å². The van der Waals surface area contributed by atoms with E-state index in [-0.39, 0.29) is 11.5 Å². The van der Waals surface area contributed by atoms with Gasteiger partial charge in [0.2, 0.25) is 0 Å². The molecule has 6 heteroatoms. The molecule has 1 atom stereocenters. The Morgan fingerprint density at radius 3 is 2.78 bits per heavy atom. The SMILES string of the molecule is CN(C)[C@H]1CCOC2(CCN(C(=O)c3cncc(F)c3)CC2)C1. The minimum atomic E-state index is -0.478. The summed E-state index contributed by atoms with van der Waals surface area (Å²) in [6.07, 6.45) is 6.29. The third kappa shape index (κ3) is 3.53. The van der Waals surface area contributed by atoms with Gasteiger partial charge in [0.05, 0.1) is 17.4 Å². The maximum atomic E-state index is 13.2. The van der Waals surface area contributed by atoms with E-state index in [1.807, 2.05) is 0 Å². The summed E-state index contributed by atoms with van der Waals surface area (Å²) >= 11 is 0. The highest BCUT2D eigenvalue weighted by molar-refractivity contribution is 5.94. The lowest BCUT2D eigenvalue weighted by molar-refractivity contribution is -0.125. The zero-order chi connectivity index (χ0) is 16.4. The molecule has 126 valence electrons. The molecule has 0 N–H and O–H groups in total. The molecule has 5 nitrogen and oxygen atoms in total. The summed E-state index contributed by atoms with van der Waals surface area (Å²) in [4.78, 5) is 20.3. The molecule has 1 spiro atoms. The van der Waals surface area contributed by atoms with E-state index in [0.717, 1.165) is 38.5 Å². The number of carbonyl (C=O) groups excluding carboxylic acids is 1. The van der Waals surface area contributed by atoms with Gasteiger partial charge in [-0.05, 0) is 45.8 Å². The lowest BCUT2D eigenvalue weighted by atomic mass is 9.82. The summed E-state index contributed by atoms with van der Waals surface area (Å²) in [6, 6.07) is 1.79. The number of hydrogen-bond acceptors (Lipinski definition) is 4. The number of hydrogen-bond donors (Lipinski definition) is 0. The van der Waals surface area contributed by atoms with Gasteiger partial charge in [0, 0.05) is 31.9 Å². The van der Waals surface area contributed by atoms with E-state index >= 15 is 0 Å². The van der Waals surface area contributed by atoms with Crippen molar-refractivity contribution in [1.29, 1.82) is 0 Å². The van der Waals surface area contributed by atoms with Gasteiger partial charge < -0.3 is 14.5 Å². The van der Waals surface area contributed by atoms with Crippen molar-refractivity contribution in [3.05, 3.63) is 29.8 Å². The van der Waals surface area contributed by atoms with Crippen LogP contribution in [0.5, 0.6) is 0 Å². The van der Waals surface area contributed by atoms with Gasteiger partial charge in [-0.1, -0.05) is 0 Å². The fourth-order valence-electron chi connectivity index (χ4n) is 3.62. The Morgan fingerprint density at radius 1 is 1.39 bits per heavy atom. The second-order valence-electron chi connectivity index (χ2n) is 6.83. The summed E-state index contributed by atoms with van der Waals surface area (Å²) in [5.41, 5.74) is 0.209. The zero-order valence-corrected chi connectivity index (χ0v) is 13.8. The summed E-state index contributed by atoms with van der Waals surface area (Å²) < 4.78 is 19.3. The van der Waals surface area contributed by atoms with E-state index < -0.39 is 5.82 Å². The second-order valence-corrected chi connectivity index (χ2v) is 6.83. The molecular weight excluding hydrogens is 297 g/mol. The van der Waals surface area contributed by atoms with Crippen LogP contribution in [0, 0.1) is 5.82 Å². The van der Waals surface area contributed by atoms with E-state index in [2.05, 4.69) is 24.0 Å². The monoisotopic (exact) mass is 321 g/mol. The minimum absolute atomic E-state index is 0.107. The van der Waals surface area contributed by atoms with Gasteiger partial charge in [0.25, 0.3) is 5.91 Å². The number of aromatic nitrogens is 1. The van der Waals surface area contributed by atoms with Crippen molar-refractivity contribution in [3.8, 4) is 0 Å². The molecule has 0 unspecified atom stereocenters. The van der Waals surface area contributed by atoms with Crippen molar-refractivity contribution in [1.82, 2.24) is 14.8 Å². The standard InChI is InChI=1S/C17H24FN3O2/c1-20(2)15-3-8-23-17(10-15)4-6-21(7-5-17)16(22)13-9-14(18)12-19-11-13/h9,11-12,15H,3-8,10H2,1-2H3/t15-/m0/s1. The Morgan fingerprint density at radius 2 is 2.13 bits per heavy atom. The molecule has 0 radical (unpaired) electrons. The number of rotatable bonds is 2. The smallest absolute Gasteiger partial charge is 0.255 e. The van der Waals surface area contributed by atoms with Crippen LogP contribution in [0.3, 0.4) is 0 Å². The highest BCUT2D eigenvalue weighted by atomic mass is 19.1. The summed E-state index contributed by atoms with van der Waals surface area (Å²) in [5, 5.41) is 0. The summed E-state index contributed by atoms with van der Waals surface area (Å²) in [5.74, 6) is -0.624. The van der Waals surface area contributed by atoms with Crippen molar-refractivity contribution in [2.45, 2.75) is 37.3 Å². The van der Waals surface area contributed by atoms with Crippen molar-refractivity contribution in [2.75, 3.05) is 33.8 Å². The van der Waals surface area contributed by atoms with Crippen LogP contribution in [0.4, 0.5) is 4.39 Å². The number of carbonyl (C=O) groups is 1. The zero-order valence-electron chi connectivity index (χ0n) is 13.8. The van der Waals surface area contributed by atoms with Crippen LogP contribution >= 0.6 is 0 Å². The molecule has 0 saturated carbocycles. The van der Waals surface area contributed by atoms with Gasteiger partial charge in [-0.3, -0.25) is 9.78 Å². The molecule has 2 saturated heterocycles. The van der Waals surface area contributed by atoms with Crippen LogP contribution in [0.1, 0.15) is 36.0 Å². The van der Waals surface area contributed by atoms with E-state index in [0.29, 0.717) is 24.7 Å². The number of pyridine rings is 1. The fourth-order valence-corrected chi connectivity index (χ4v) is 3.62. The van der Waals surface area contributed by atoms with Crippen LogP contribution in [0.15, 0.2) is 18.5 Å². The van der Waals surface area contributed by atoms with Crippen molar-refractivity contribution < 1.29 is 13.9 Å². The number of nitrogens with zero attached hydrogens (tertiary/aromatic N) is 3. The quantitative estimate of drug-likeness (QED) is 0.835. The Kier molecular flexibility index (Phi) is 4.64. The topological polar surface area (TPSA) is 45.7 Å². The first-order valence-corrected chi connectivity index (χ1v) is 8.19. The molecular formula is C17H24FN3O2. The van der Waals surface area contributed by atoms with Crippen LogP contribution in [-0.2, 0) is 4.74 Å². The lowest BCUT2D eigenvalue weighted by Crippen LogP contribution is -2.53. The van der Waals surface area contributed by atoms with Gasteiger partial charge in [-0.2, -0.15) is 0 Å². The van der Waals surface area contributed by atoms with E-state index in [9.17, 15) is 9.18 Å². The van der Waals surface area contributed by atoms with Gasteiger partial charge in [-0.25, -0.2) is 4.39 Å². The van der Waals surface area contributed by atoms with Crippen molar-refractivity contribution >= 4 is 5.91 Å². The predicted octanol–water partition coefficient (Wildman–Crippen LogP) is 1.94. The fraction of sp³-hybridized carbons (Fsp3) is 0.647. The number of halogens is 1. The van der Waals surface area contributed by atoms with Crippen LogP contribution in [0.2, 0.25) is 0 Å². The Balaban J connectivity index is 1.63. The largest absolute Gasteiger partial charge is 0.375 e. The van der Waals surface area contributed by atoms with Crippen molar-refractivity contribution in [2.24, 2.45) is 0 Å². The molecule has 3 rings (SSSR count). The number of likely N-dealkylation sites (tertiary alicyclic amines) is 1. The highest BCUT2D eigenvalue weighted by Gasteiger charge is 2.41. The third-order valence-corrected chi connectivity index (χ3v) is 5.11. The van der Waals surface area contributed by atoms with Gasteiger partial charge >= 0.3 is 0 Å². The molecule has 23 heavy (non-hydrogen) atoms. The molecule has 0 aromatic carbocycles. The molecule has 2 aliphatic rings. The molecule has 1 aromatic heterocycles. The number of amides is 1. The molecule has 1 amide bonds. The van der Waals surface area contributed by atoms with Gasteiger partial charge in [-0.15, -0.1) is 0 Å². The lowest BCUT2D eigenvalue weighted by Gasteiger charge is -2.47. The highest BCUT2D eigenvalue weighted by Crippen LogP contribution is 2.36. The van der Waals surface area contributed by atoms with E-state index in [1.54, 1.807) is 4.90 Å². The molecule has 1 aromatic rings. The molecule has 0 aliphatic carbocycles. The first kappa shape index (κ1) is 16.3. The van der Waals surface area contributed by atoms with Crippen LogP contribution < -0.4 is 0 Å². The van der Waals surface area contributed by atoms with E-state index in [4.69, 9.17) is 4.74 Å². The predicted molar refractivity (Wildman–Crippen MR) is 84.7 cm³/mol. The Hall–Kier alpha value is -1.53. The van der Waals surface area contributed by atoms with Crippen molar-refractivity contribution in [3.63, 3.8) is 0 Å². The second kappa shape index (κ2) is 6.53. The maximum Gasteiger partial charge on any atom is 0.255 e. The Bertz CT molecular complexity index is 571. The minimum Gasteiger partial charge on any atom is -0.375 e. The van der Waals surface area contributed by atoms with Crippen LogP contribution in [0.25, 0.3) is 0 Å². The average molecular weight is 321 g/mol. The average Bonchev–Trinajstić information content (AvgIpc) is 2.55. The first-order valence-electron chi connectivity index (χ1n) is 8.19. The normalized spacial score (nSPS) is 24.2. The third-order valence-electron chi connectivity index (χ3n) is 5.11. The maximum absolute atomic E-state index is 13.2. The molecule has 3 heterocycles. The summed E-state index contributed by atoms with van der Waals surface area (Å²) in [7, 11) is 4.22.